The van der Waals surface area contributed by atoms with Gasteiger partial charge >= 0.3 is 18.2 Å². The molecule has 3 aromatic rings. The molecule has 0 unspecified atom stereocenters. The average Bonchev–Trinajstić information content (AvgIpc) is 3.11. The third-order valence-electron chi connectivity index (χ3n) is 8.90. The second-order valence-corrected chi connectivity index (χ2v) is 12.3. The van der Waals surface area contributed by atoms with Crippen LogP contribution in [-0.4, -0.2) is 68.2 Å². The number of carbonyl (C=O) groups is 2. The highest BCUT2D eigenvalue weighted by Gasteiger charge is 2.37. The number of carboxylic acids is 1. The van der Waals surface area contributed by atoms with E-state index in [-0.39, 0.29) is 37.1 Å². The number of aliphatic carboxylic acids is 1. The van der Waals surface area contributed by atoms with Crippen LogP contribution in [0.25, 0.3) is 0 Å². The van der Waals surface area contributed by atoms with E-state index in [1.165, 1.54) is 6.07 Å². The number of unbranched alkanes of at least 4 members (excludes halogenated alkanes) is 1. The lowest BCUT2D eigenvalue weighted by Gasteiger charge is -2.40. The Morgan fingerprint density at radius 1 is 1.14 bits per heavy atom. The topological polar surface area (TPSA) is 137 Å². The number of aromatic nitrogens is 1. The predicted octanol–water partition coefficient (Wildman–Crippen LogP) is 6.94. The first-order valence-electron chi connectivity index (χ1n) is 16.6. The van der Waals surface area contributed by atoms with E-state index in [9.17, 15) is 28.0 Å². The minimum absolute atomic E-state index is 0.00841. The summed E-state index contributed by atoms with van der Waals surface area (Å²) in [6, 6.07) is 11.8. The van der Waals surface area contributed by atoms with E-state index in [1.54, 1.807) is 30.3 Å². The van der Waals surface area contributed by atoms with Gasteiger partial charge in [0, 0.05) is 43.1 Å². The molecular weight excluding hydrogens is 655 g/mol. The summed E-state index contributed by atoms with van der Waals surface area (Å²) in [7, 11) is 1.54. The smallest absolute Gasteiger partial charge is 0.416 e. The second kappa shape index (κ2) is 16.1. The molecule has 2 aliphatic rings. The fourth-order valence-corrected chi connectivity index (χ4v) is 6.36. The molecule has 0 aliphatic carbocycles. The van der Waals surface area contributed by atoms with Crippen LogP contribution >= 0.6 is 0 Å². The number of pyridine rings is 1. The maximum Gasteiger partial charge on any atom is 0.416 e. The molecule has 1 aromatic heterocycles. The van der Waals surface area contributed by atoms with Gasteiger partial charge in [-0.3, -0.25) is 9.69 Å². The Hall–Kier alpha value is -5.03. The highest BCUT2D eigenvalue weighted by molar-refractivity contribution is 5.90. The van der Waals surface area contributed by atoms with Gasteiger partial charge in [-0.1, -0.05) is 6.92 Å². The van der Waals surface area contributed by atoms with Crippen molar-refractivity contribution in [1.82, 2.24) is 4.98 Å². The van der Waals surface area contributed by atoms with Crippen molar-refractivity contribution >= 4 is 29.3 Å². The number of anilines is 3. The zero-order valence-corrected chi connectivity index (χ0v) is 28.0. The van der Waals surface area contributed by atoms with Gasteiger partial charge in [-0.15, -0.1) is 0 Å². The molecular formula is C36H40F3N5O6. The number of carbonyl (C=O) groups excluding carboxylic acids is 1. The van der Waals surface area contributed by atoms with E-state index in [4.69, 9.17) is 24.3 Å². The number of ether oxygens (including phenoxy) is 3. The van der Waals surface area contributed by atoms with Gasteiger partial charge in [-0.05, 0) is 73.7 Å². The fraction of sp³-hybridized carbons (Fsp3) is 0.444. The first kappa shape index (κ1) is 36.3. The number of alkyl halides is 3. The number of benzene rings is 2. The van der Waals surface area contributed by atoms with Gasteiger partial charge in [0.15, 0.2) is 0 Å². The molecule has 0 bridgehead atoms. The van der Waals surface area contributed by atoms with E-state index in [2.05, 4.69) is 10.2 Å². The van der Waals surface area contributed by atoms with Crippen molar-refractivity contribution in [3.63, 3.8) is 0 Å². The molecule has 1 amide bonds. The minimum Gasteiger partial charge on any atom is -0.497 e. The number of fused-ring (bicyclic) bond motifs is 1. The number of morpholine rings is 1. The Labute approximate surface area is 288 Å². The second-order valence-electron chi connectivity index (χ2n) is 12.3. The zero-order valence-electron chi connectivity index (χ0n) is 28.0. The van der Waals surface area contributed by atoms with Crippen LogP contribution < -0.4 is 19.9 Å². The SMILES string of the molecule is CC[C@@H]1C[C@H](Nc2ncc(N3CCOCC3)cc2Cc2cc(C#N)cc(C(F)(F)F)c2)c2cc(OC)ccc2N1C(=O)OCCCCC(=O)O. The summed E-state index contributed by atoms with van der Waals surface area (Å²) in [6.45, 7) is 4.39. The summed E-state index contributed by atoms with van der Waals surface area (Å²) in [5.41, 5.74) is 2.12. The van der Waals surface area contributed by atoms with Crippen LogP contribution in [0.5, 0.6) is 5.75 Å². The molecule has 2 aromatic carbocycles. The summed E-state index contributed by atoms with van der Waals surface area (Å²) in [5, 5.41) is 22.0. The van der Waals surface area contributed by atoms with E-state index in [1.807, 2.05) is 25.1 Å². The van der Waals surface area contributed by atoms with Crippen LogP contribution in [0.1, 0.15) is 72.9 Å². The van der Waals surface area contributed by atoms with Crippen molar-refractivity contribution < 1.29 is 42.1 Å². The number of nitriles is 1. The van der Waals surface area contributed by atoms with Gasteiger partial charge in [0.25, 0.3) is 0 Å². The molecule has 50 heavy (non-hydrogen) atoms. The van der Waals surface area contributed by atoms with Gasteiger partial charge < -0.3 is 29.5 Å². The number of rotatable bonds is 12. The number of carboxylic acid groups (broad SMARTS) is 1. The number of amides is 1. The third kappa shape index (κ3) is 8.76. The summed E-state index contributed by atoms with van der Waals surface area (Å²) in [4.78, 5) is 32.8. The van der Waals surface area contributed by atoms with Crippen molar-refractivity contribution in [2.45, 2.75) is 63.7 Å². The number of methoxy groups -OCH3 is 1. The lowest BCUT2D eigenvalue weighted by atomic mass is 9.89. The van der Waals surface area contributed by atoms with Gasteiger partial charge in [0.2, 0.25) is 0 Å². The Morgan fingerprint density at radius 2 is 1.92 bits per heavy atom. The van der Waals surface area contributed by atoms with Crippen LogP contribution in [0.15, 0.2) is 48.7 Å². The maximum absolute atomic E-state index is 13.8. The molecule has 0 radical (unpaired) electrons. The largest absolute Gasteiger partial charge is 0.497 e. The van der Waals surface area contributed by atoms with Gasteiger partial charge in [-0.25, -0.2) is 9.78 Å². The minimum atomic E-state index is -4.62. The number of halogens is 3. The van der Waals surface area contributed by atoms with Gasteiger partial charge in [0.1, 0.15) is 11.6 Å². The summed E-state index contributed by atoms with van der Waals surface area (Å²) in [6.07, 6.45) is -1.52. The summed E-state index contributed by atoms with van der Waals surface area (Å²) >= 11 is 0. The molecule has 2 N–H and O–H groups in total. The fourth-order valence-electron chi connectivity index (χ4n) is 6.36. The third-order valence-corrected chi connectivity index (χ3v) is 8.90. The van der Waals surface area contributed by atoms with Crippen molar-refractivity contribution in [1.29, 1.82) is 5.26 Å². The first-order valence-corrected chi connectivity index (χ1v) is 16.6. The first-order chi connectivity index (χ1) is 24.0. The Balaban J connectivity index is 1.49. The van der Waals surface area contributed by atoms with Crippen LogP contribution in [0.4, 0.5) is 35.2 Å². The monoisotopic (exact) mass is 695 g/mol. The molecule has 3 heterocycles. The highest BCUT2D eigenvalue weighted by Crippen LogP contribution is 2.43. The quantitative estimate of drug-likeness (QED) is 0.192. The molecule has 0 spiro atoms. The van der Waals surface area contributed by atoms with Crippen LogP contribution in [-0.2, 0) is 26.9 Å². The molecule has 1 fully saturated rings. The number of nitrogens with zero attached hydrogens (tertiary/aromatic N) is 4. The van der Waals surface area contributed by atoms with Gasteiger partial charge in [-0.2, -0.15) is 18.4 Å². The van der Waals surface area contributed by atoms with E-state index >= 15 is 0 Å². The van der Waals surface area contributed by atoms with Crippen LogP contribution in [0, 0.1) is 11.3 Å². The Bertz CT molecular complexity index is 1720. The van der Waals surface area contributed by atoms with Crippen molar-refractivity contribution in [2.24, 2.45) is 0 Å². The molecule has 14 heteroatoms. The van der Waals surface area contributed by atoms with E-state index in [0.717, 1.165) is 23.4 Å². The number of nitrogens with one attached hydrogen (secondary N) is 1. The molecule has 266 valence electrons. The lowest BCUT2D eigenvalue weighted by molar-refractivity contribution is -0.138. The van der Waals surface area contributed by atoms with Crippen molar-refractivity contribution in [2.75, 3.05) is 55.1 Å². The van der Waals surface area contributed by atoms with E-state index < -0.39 is 23.8 Å². The number of hydrogen-bond donors (Lipinski definition) is 2. The maximum atomic E-state index is 13.8. The van der Waals surface area contributed by atoms with Crippen molar-refractivity contribution in [3.05, 3.63) is 76.5 Å². The molecule has 11 nitrogen and oxygen atoms in total. The van der Waals surface area contributed by atoms with Crippen LogP contribution in [0.3, 0.4) is 0 Å². The summed E-state index contributed by atoms with van der Waals surface area (Å²) in [5.74, 6) is 0.118. The molecule has 2 atom stereocenters. The zero-order chi connectivity index (χ0) is 35.8. The summed E-state index contributed by atoms with van der Waals surface area (Å²) < 4.78 is 58.0. The Kier molecular flexibility index (Phi) is 11.7. The van der Waals surface area contributed by atoms with E-state index in [0.29, 0.717) is 80.4 Å². The normalized spacial score (nSPS) is 17.4. The van der Waals surface area contributed by atoms with Gasteiger partial charge in [0.05, 0.1) is 67.7 Å². The molecule has 2 aliphatic heterocycles. The molecule has 5 rings (SSSR count). The standard InChI is InChI=1S/C36H40F3N5O6/c1-3-27-19-31(30-20-29(48-2)7-8-32(30)44(27)35(47)50-11-5-4-6-33(45)46)42-34-25(18-28(22-41-34)43-9-12-49-13-10-43)15-23-14-24(21-40)17-26(16-23)36(37,38)39/h7-8,14,16-18,20,22,27,31H,3-6,9-13,15,19H2,1-2H3,(H,41,42)(H,45,46)/t27-,31+/m1/s1. The lowest BCUT2D eigenvalue weighted by Crippen LogP contribution is -2.46. The molecule has 1 saturated heterocycles. The highest BCUT2D eigenvalue weighted by atomic mass is 19.4. The predicted molar refractivity (Wildman–Crippen MR) is 180 cm³/mol. The molecule has 0 saturated carbocycles. The van der Waals surface area contributed by atoms with Crippen LogP contribution in [0.2, 0.25) is 0 Å². The average molecular weight is 696 g/mol. The Morgan fingerprint density at radius 3 is 2.60 bits per heavy atom. The van der Waals surface area contributed by atoms with Crippen molar-refractivity contribution in [3.8, 4) is 11.8 Å². The number of hydrogen-bond acceptors (Lipinski definition) is 9.